The van der Waals surface area contributed by atoms with Crippen LogP contribution >= 0.6 is 0 Å². The fourth-order valence-electron chi connectivity index (χ4n) is 4.74. The first kappa shape index (κ1) is 23.4. The highest BCUT2D eigenvalue weighted by atomic mass is 16.7. The van der Waals surface area contributed by atoms with Crippen LogP contribution < -0.4 is 0 Å². The molecule has 5 heteroatoms. The van der Waals surface area contributed by atoms with Crippen molar-refractivity contribution in [2.45, 2.75) is 39.0 Å². The average molecular weight is 455 g/mol. The summed E-state index contributed by atoms with van der Waals surface area (Å²) in [6, 6.07) is 25.2. The predicted octanol–water partition coefficient (Wildman–Crippen LogP) is 5.71. The zero-order chi connectivity index (χ0) is 24.1. The van der Waals surface area contributed by atoms with E-state index in [1.165, 1.54) is 0 Å². The molecule has 1 aliphatic rings. The van der Waals surface area contributed by atoms with Gasteiger partial charge in [0.15, 0.2) is 0 Å². The molecule has 1 amide bonds. The van der Waals surface area contributed by atoms with E-state index in [0.717, 1.165) is 28.0 Å². The van der Waals surface area contributed by atoms with Gasteiger partial charge < -0.3 is 9.74 Å². The molecular weight excluding hydrogens is 424 g/mol. The molecule has 0 radical (unpaired) electrons. The molecule has 4 rings (SSSR count). The highest BCUT2D eigenvalue weighted by Crippen LogP contribution is 2.38. The summed E-state index contributed by atoms with van der Waals surface area (Å²) in [6.45, 7) is 6.95. The maximum atomic E-state index is 13.2. The number of piperidine rings is 1. The molecule has 0 bridgehead atoms. The lowest BCUT2D eigenvalue weighted by Crippen LogP contribution is -2.48. The second kappa shape index (κ2) is 10.0. The molecule has 174 valence electrons. The molecule has 0 saturated carbocycles. The first-order chi connectivity index (χ1) is 16.4. The third-order valence-electron chi connectivity index (χ3n) is 6.93. The molecule has 1 saturated heterocycles. The van der Waals surface area contributed by atoms with E-state index in [-0.39, 0.29) is 5.91 Å². The van der Waals surface area contributed by atoms with Gasteiger partial charge in [-0.3, -0.25) is 4.79 Å². The number of hydrogen-bond donors (Lipinski definition) is 0. The zero-order valence-corrected chi connectivity index (χ0v) is 20.0. The van der Waals surface area contributed by atoms with Gasteiger partial charge in [-0.1, -0.05) is 71.9 Å². The molecular formula is C29H30N2O3. The van der Waals surface area contributed by atoms with Crippen molar-refractivity contribution in [3.8, 4) is 0 Å². The van der Waals surface area contributed by atoms with Gasteiger partial charge in [-0.25, -0.2) is 4.79 Å². The van der Waals surface area contributed by atoms with Crippen molar-refractivity contribution < 1.29 is 14.4 Å². The second-order valence-corrected chi connectivity index (χ2v) is 8.93. The number of hydrogen-bond acceptors (Lipinski definition) is 4. The molecule has 0 unspecified atom stereocenters. The summed E-state index contributed by atoms with van der Waals surface area (Å²) in [5.74, 6) is -0.409. The third kappa shape index (κ3) is 4.65. The van der Waals surface area contributed by atoms with Crippen LogP contribution in [0.5, 0.6) is 0 Å². The van der Waals surface area contributed by atoms with E-state index in [1.807, 2.05) is 86.3 Å². The molecule has 1 heterocycles. The molecule has 1 aliphatic heterocycles. The van der Waals surface area contributed by atoms with Crippen LogP contribution in [0, 0.1) is 13.8 Å². The van der Waals surface area contributed by atoms with Gasteiger partial charge in [-0.05, 0) is 62.4 Å². The first-order valence-electron chi connectivity index (χ1n) is 11.6. The third-order valence-corrected chi connectivity index (χ3v) is 6.93. The van der Waals surface area contributed by atoms with Crippen LogP contribution in [0.2, 0.25) is 0 Å². The van der Waals surface area contributed by atoms with Crippen LogP contribution in [-0.4, -0.2) is 35.6 Å². The molecule has 3 aromatic rings. The lowest BCUT2D eigenvalue weighted by Gasteiger charge is -2.42. The van der Waals surface area contributed by atoms with Crippen LogP contribution in [0.15, 0.2) is 84.0 Å². The maximum Gasteiger partial charge on any atom is 0.365 e. The number of aryl methyl sites for hydroxylation is 2. The van der Waals surface area contributed by atoms with Crippen molar-refractivity contribution in [3.05, 3.63) is 107 Å². The molecule has 34 heavy (non-hydrogen) atoms. The Morgan fingerprint density at radius 2 is 1.32 bits per heavy atom. The monoisotopic (exact) mass is 454 g/mol. The largest absolute Gasteiger partial charge is 0.365 e. The fourth-order valence-corrected chi connectivity index (χ4v) is 4.74. The van der Waals surface area contributed by atoms with Crippen LogP contribution in [0.1, 0.15) is 57.2 Å². The lowest BCUT2D eigenvalue weighted by atomic mass is 9.69. The summed E-state index contributed by atoms with van der Waals surface area (Å²) in [5, 5.41) is 4.32. The highest BCUT2D eigenvalue weighted by Gasteiger charge is 2.40. The Hall–Kier alpha value is -3.73. The smallest absolute Gasteiger partial charge is 0.339 e. The molecule has 0 aromatic heterocycles. The molecule has 0 spiro atoms. The van der Waals surface area contributed by atoms with Gasteiger partial charge in [0.2, 0.25) is 0 Å². The Labute approximate surface area is 201 Å². The number of carbonyl (C=O) groups is 2. The van der Waals surface area contributed by atoms with E-state index in [4.69, 9.17) is 4.84 Å². The number of nitrogens with zero attached hydrogens (tertiary/aromatic N) is 2. The minimum absolute atomic E-state index is 0.0559. The molecule has 3 aromatic carbocycles. The quantitative estimate of drug-likeness (QED) is 0.282. The number of amides is 1. The number of carbonyl (C=O) groups excluding carboxylic acids is 2. The van der Waals surface area contributed by atoms with Gasteiger partial charge in [0.1, 0.15) is 0 Å². The Morgan fingerprint density at radius 1 is 0.794 bits per heavy atom. The zero-order valence-electron chi connectivity index (χ0n) is 20.0. The summed E-state index contributed by atoms with van der Waals surface area (Å²) in [6.07, 6.45) is 1.40. The van der Waals surface area contributed by atoms with Crippen molar-refractivity contribution in [1.82, 2.24) is 4.90 Å². The Kier molecular flexibility index (Phi) is 6.92. The van der Waals surface area contributed by atoms with Gasteiger partial charge in [0.05, 0.1) is 11.3 Å². The lowest BCUT2D eigenvalue weighted by molar-refractivity contribution is 0.0509. The van der Waals surface area contributed by atoms with Gasteiger partial charge in [0, 0.05) is 24.1 Å². The number of rotatable bonds is 5. The average Bonchev–Trinajstić information content (AvgIpc) is 2.88. The standard InChI is InChI=1S/C29H30N2O3/c1-21-11-7-9-15-25(21)27(32)31-19-17-29(18-20-31,24-13-5-4-6-14-24)23(3)30-34-28(33)26-16-10-8-12-22(26)2/h4-16H,17-20H2,1-3H3/b30-23+. The second-order valence-electron chi connectivity index (χ2n) is 8.93. The van der Waals surface area contributed by atoms with Crippen LogP contribution in [0.4, 0.5) is 0 Å². The Morgan fingerprint density at radius 3 is 1.91 bits per heavy atom. The highest BCUT2D eigenvalue weighted by molar-refractivity contribution is 5.97. The van der Waals surface area contributed by atoms with Crippen LogP contribution in [0.25, 0.3) is 0 Å². The van der Waals surface area contributed by atoms with Crippen molar-refractivity contribution in [3.63, 3.8) is 0 Å². The van der Waals surface area contributed by atoms with E-state index in [1.54, 1.807) is 6.07 Å². The molecule has 0 N–H and O–H groups in total. The molecule has 0 atom stereocenters. The van der Waals surface area contributed by atoms with E-state index in [0.29, 0.717) is 31.5 Å². The Balaban J connectivity index is 1.57. The molecule has 0 aliphatic carbocycles. The predicted molar refractivity (Wildman–Crippen MR) is 134 cm³/mol. The van der Waals surface area contributed by atoms with Gasteiger partial charge in [-0.2, -0.15) is 0 Å². The summed E-state index contributed by atoms with van der Waals surface area (Å²) >= 11 is 0. The summed E-state index contributed by atoms with van der Waals surface area (Å²) in [7, 11) is 0. The minimum atomic E-state index is -0.465. The van der Waals surface area contributed by atoms with E-state index < -0.39 is 11.4 Å². The summed E-state index contributed by atoms with van der Waals surface area (Å²) in [4.78, 5) is 33.1. The maximum absolute atomic E-state index is 13.2. The SMILES string of the molecule is C/C(=N\OC(=O)c1ccccc1C)C1(c2ccccc2)CCN(C(=O)c2ccccc2C)CC1. The van der Waals surface area contributed by atoms with Gasteiger partial charge in [-0.15, -0.1) is 0 Å². The topological polar surface area (TPSA) is 59.0 Å². The number of benzene rings is 3. The van der Waals surface area contributed by atoms with Crippen molar-refractivity contribution in [1.29, 1.82) is 0 Å². The fraction of sp³-hybridized carbons (Fsp3) is 0.276. The summed E-state index contributed by atoms with van der Waals surface area (Å²) < 4.78 is 0. The van der Waals surface area contributed by atoms with Crippen LogP contribution in [-0.2, 0) is 10.3 Å². The van der Waals surface area contributed by atoms with Gasteiger partial charge in [0.25, 0.3) is 5.91 Å². The summed E-state index contributed by atoms with van der Waals surface area (Å²) in [5.41, 5.74) is 4.53. The van der Waals surface area contributed by atoms with E-state index in [9.17, 15) is 9.59 Å². The number of oxime groups is 1. The van der Waals surface area contributed by atoms with E-state index in [2.05, 4.69) is 17.3 Å². The first-order valence-corrected chi connectivity index (χ1v) is 11.6. The van der Waals surface area contributed by atoms with Crippen molar-refractivity contribution in [2.75, 3.05) is 13.1 Å². The number of likely N-dealkylation sites (tertiary alicyclic amines) is 1. The molecule has 5 nitrogen and oxygen atoms in total. The minimum Gasteiger partial charge on any atom is -0.339 e. The van der Waals surface area contributed by atoms with Crippen LogP contribution in [0.3, 0.4) is 0 Å². The Bertz CT molecular complexity index is 1210. The van der Waals surface area contributed by atoms with Gasteiger partial charge >= 0.3 is 5.97 Å². The van der Waals surface area contributed by atoms with Crippen molar-refractivity contribution >= 4 is 17.6 Å². The molecule has 1 fully saturated rings. The van der Waals surface area contributed by atoms with Crippen molar-refractivity contribution in [2.24, 2.45) is 5.16 Å². The van der Waals surface area contributed by atoms with E-state index >= 15 is 0 Å². The normalized spacial score (nSPS) is 15.6.